The predicted octanol–water partition coefficient (Wildman–Crippen LogP) is 1.94. The Kier molecular flexibility index (Phi) is 7.00. The fraction of sp³-hybridized carbons (Fsp3) is 0.167. The highest BCUT2D eigenvalue weighted by molar-refractivity contribution is 6.35. The fourth-order valence-corrected chi connectivity index (χ4v) is 2.71. The molecule has 0 spiro atoms. The van der Waals surface area contributed by atoms with Crippen molar-refractivity contribution >= 4 is 40.9 Å². The quantitative estimate of drug-likeness (QED) is 0.669. The number of primary amides is 1. The average molecular weight is 394 g/mol. The number of halogens is 2. The summed E-state index contributed by atoms with van der Waals surface area (Å²) >= 11 is 11.9. The van der Waals surface area contributed by atoms with Crippen molar-refractivity contribution in [2.75, 3.05) is 6.54 Å². The summed E-state index contributed by atoms with van der Waals surface area (Å²) in [6.45, 7) is -0.286. The molecule has 0 radical (unpaired) electrons. The number of hydrogen-bond acceptors (Lipinski definition) is 3. The van der Waals surface area contributed by atoms with Crippen LogP contribution in [0.5, 0.6) is 0 Å². The van der Waals surface area contributed by atoms with E-state index in [1.54, 1.807) is 48.5 Å². The van der Waals surface area contributed by atoms with E-state index in [4.69, 9.17) is 28.9 Å². The molecule has 2 rings (SSSR count). The number of amides is 3. The number of carbonyl (C=O) groups is 3. The highest BCUT2D eigenvalue weighted by atomic mass is 35.5. The van der Waals surface area contributed by atoms with Crippen molar-refractivity contribution in [2.45, 2.75) is 12.5 Å². The lowest BCUT2D eigenvalue weighted by Gasteiger charge is -2.16. The second-order valence-corrected chi connectivity index (χ2v) is 6.35. The third-order valence-corrected chi connectivity index (χ3v) is 4.15. The molecule has 0 aliphatic rings. The monoisotopic (exact) mass is 393 g/mol. The van der Waals surface area contributed by atoms with E-state index in [0.29, 0.717) is 21.2 Å². The average Bonchev–Trinajstić information content (AvgIpc) is 2.61. The van der Waals surface area contributed by atoms with E-state index in [9.17, 15) is 14.4 Å². The molecule has 3 amide bonds. The standard InChI is InChI=1S/C18H17Cl2N3O3/c19-13-7-6-12(14(20)9-13)8-15(17(21)25)23-16(24)10-22-18(26)11-4-2-1-3-5-11/h1-7,9,15H,8,10H2,(H2,21,25)(H,22,26)(H,23,24)/t15-/m0/s1. The Bertz CT molecular complexity index is 813. The van der Waals surface area contributed by atoms with Gasteiger partial charge in [-0.05, 0) is 29.8 Å². The number of nitrogens with two attached hydrogens (primary N) is 1. The Labute approximate surface area is 160 Å². The lowest BCUT2D eigenvalue weighted by Crippen LogP contribution is -2.49. The molecule has 0 bridgehead atoms. The topological polar surface area (TPSA) is 101 Å². The van der Waals surface area contributed by atoms with Gasteiger partial charge in [0.15, 0.2) is 0 Å². The zero-order valence-electron chi connectivity index (χ0n) is 13.7. The summed E-state index contributed by atoms with van der Waals surface area (Å²) in [5.74, 6) is -1.64. The molecule has 0 heterocycles. The molecule has 2 aromatic carbocycles. The van der Waals surface area contributed by atoms with Crippen LogP contribution in [0.15, 0.2) is 48.5 Å². The molecule has 136 valence electrons. The summed E-state index contributed by atoms with van der Waals surface area (Å²) in [7, 11) is 0. The lowest BCUT2D eigenvalue weighted by atomic mass is 10.1. The van der Waals surface area contributed by atoms with E-state index >= 15 is 0 Å². The highest BCUT2D eigenvalue weighted by Gasteiger charge is 2.20. The molecular weight excluding hydrogens is 377 g/mol. The van der Waals surface area contributed by atoms with Crippen molar-refractivity contribution in [3.05, 3.63) is 69.7 Å². The largest absolute Gasteiger partial charge is 0.368 e. The first-order chi connectivity index (χ1) is 12.4. The van der Waals surface area contributed by atoms with Crippen LogP contribution in [0.1, 0.15) is 15.9 Å². The molecule has 0 aromatic heterocycles. The molecule has 4 N–H and O–H groups in total. The van der Waals surface area contributed by atoms with Gasteiger partial charge in [0.05, 0.1) is 6.54 Å². The summed E-state index contributed by atoms with van der Waals surface area (Å²) in [5, 5.41) is 5.80. The van der Waals surface area contributed by atoms with Crippen molar-refractivity contribution < 1.29 is 14.4 Å². The van der Waals surface area contributed by atoms with Gasteiger partial charge in [0, 0.05) is 22.0 Å². The molecule has 8 heteroatoms. The van der Waals surface area contributed by atoms with Crippen molar-refractivity contribution in [1.29, 1.82) is 0 Å². The van der Waals surface area contributed by atoms with Crippen LogP contribution in [0.2, 0.25) is 10.0 Å². The third-order valence-electron chi connectivity index (χ3n) is 3.56. The summed E-state index contributed by atoms with van der Waals surface area (Å²) in [4.78, 5) is 35.6. The minimum absolute atomic E-state index is 0.115. The maximum atomic E-state index is 12.0. The van der Waals surface area contributed by atoms with Crippen LogP contribution in [-0.2, 0) is 16.0 Å². The number of carbonyl (C=O) groups excluding carboxylic acids is 3. The number of nitrogens with one attached hydrogen (secondary N) is 2. The summed E-state index contributed by atoms with van der Waals surface area (Å²) in [6, 6.07) is 12.3. The van der Waals surface area contributed by atoms with E-state index in [0.717, 1.165) is 0 Å². The molecule has 0 saturated heterocycles. The van der Waals surface area contributed by atoms with Gasteiger partial charge in [-0.25, -0.2) is 0 Å². The van der Waals surface area contributed by atoms with Gasteiger partial charge in [-0.2, -0.15) is 0 Å². The van der Waals surface area contributed by atoms with Crippen LogP contribution in [0.3, 0.4) is 0 Å². The van der Waals surface area contributed by atoms with Gasteiger partial charge in [-0.3, -0.25) is 14.4 Å². The van der Waals surface area contributed by atoms with Gasteiger partial charge < -0.3 is 16.4 Å². The first kappa shape index (κ1) is 19.8. The molecule has 0 aliphatic heterocycles. The Morgan fingerprint density at radius 2 is 1.73 bits per heavy atom. The van der Waals surface area contributed by atoms with Gasteiger partial charge in [-0.15, -0.1) is 0 Å². The SMILES string of the molecule is NC(=O)[C@H](Cc1ccc(Cl)cc1Cl)NC(=O)CNC(=O)c1ccccc1. The van der Waals surface area contributed by atoms with Crippen LogP contribution in [-0.4, -0.2) is 30.3 Å². The van der Waals surface area contributed by atoms with E-state index in [2.05, 4.69) is 10.6 Å². The zero-order valence-corrected chi connectivity index (χ0v) is 15.2. The van der Waals surface area contributed by atoms with Crippen LogP contribution in [0.4, 0.5) is 0 Å². The van der Waals surface area contributed by atoms with Crippen LogP contribution in [0.25, 0.3) is 0 Å². The van der Waals surface area contributed by atoms with E-state index in [1.807, 2.05) is 0 Å². The molecule has 0 unspecified atom stereocenters. The van der Waals surface area contributed by atoms with E-state index in [-0.39, 0.29) is 13.0 Å². The molecular formula is C18H17Cl2N3O3. The Morgan fingerprint density at radius 1 is 1.04 bits per heavy atom. The van der Waals surface area contributed by atoms with Crippen LogP contribution >= 0.6 is 23.2 Å². The zero-order chi connectivity index (χ0) is 19.1. The van der Waals surface area contributed by atoms with Gasteiger partial charge >= 0.3 is 0 Å². The number of rotatable bonds is 7. The predicted molar refractivity (Wildman–Crippen MR) is 100 cm³/mol. The second-order valence-electron chi connectivity index (χ2n) is 5.51. The van der Waals surface area contributed by atoms with Crippen LogP contribution in [0, 0.1) is 0 Å². The maximum Gasteiger partial charge on any atom is 0.251 e. The van der Waals surface area contributed by atoms with Crippen molar-refractivity contribution in [3.63, 3.8) is 0 Å². The molecule has 0 aliphatic carbocycles. The molecule has 2 aromatic rings. The van der Waals surface area contributed by atoms with Gasteiger partial charge in [0.2, 0.25) is 11.8 Å². The molecule has 0 saturated carbocycles. The van der Waals surface area contributed by atoms with Crippen molar-refractivity contribution in [1.82, 2.24) is 10.6 Å². The van der Waals surface area contributed by atoms with E-state index in [1.165, 1.54) is 0 Å². The minimum Gasteiger partial charge on any atom is -0.368 e. The molecule has 1 atom stereocenters. The maximum absolute atomic E-state index is 12.0. The minimum atomic E-state index is -0.963. The smallest absolute Gasteiger partial charge is 0.251 e. The molecule has 26 heavy (non-hydrogen) atoms. The van der Waals surface area contributed by atoms with Gasteiger partial charge in [0.25, 0.3) is 5.91 Å². The summed E-state index contributed by atoms with van der Waals surface area (Å²) in [6.07, 6.45) is 0.115. The van der Waals surface area contributed by atoms with Gasteiger partial charge in [0.1, 0.15) is 6.04 Å². The molecule has 0 fully saturated rings. The normalized spacial score (nSPS) is 11.5. The Balaban J connectivity index is 1.93. The Hall–Kier alpha value is -2.57. The number of hydrogen-bond donors (Lipinski definition) is 3. The number of benzene rings is 2. The first-order valence-corrected chi connectivity index (χ1v) is 8.48. The van der Waals surface area contributed by atoms with Crippen molar-refractivity contribution in [3.8, 4) is 0 Å². The van der Waals surface area contributed by atoms with Crippen LogP contribution < -0.4 is 16.4 Å². The fourth-order valence-electron chi connectivity index (χ4n) is 2.23. The van der Waals surface area contributed by atoms with Gasteiger partial charge in [-0.1, -0.05) is 47.5 Å². The summed E-state index contributed by atoms with van der Waals surface area (Å²) in [5.41, 5.74) is 6.40. The Morgan fingerprint density at radius 3 is 2.35 bits per heavy atom. The third kappa shape index (κ3) is 5.75. The summed E-state index contributed by atoms with van der Waals surface area (Å²) < 4.78 is 0. The molecule has 6 nitrogen and oxygen atoms in total. The van der Waals surface area contributed by atoms with Crippen molar-refractivity contribution in [2.24, 2.45) is 5.73 Å². The first-order valence-electron chi connectivity index (χ1n) is 7.72. The lowest BCUT2D eigenvalue weighted by molar-refractivity contribution is -0.126. The van der Waals surface area contributed by atoms with E-state index < -0.39 is 23.8 Å². The second kappa shape index (κ2) is 9.22. The highest BCUT2D eigenvalue weighted by Crippen LogP contribution is 2.22.